The second-order valence-electron chi connectivity index (χ2n) is 5.07. The van der Waals surface area contributed by atoms with Crippen molar-refractivity contribution < 1.29 is 12.9 Å². The van der Waals surface area contributed by atoms with Crippen LogP contribution in [0.4, 0.5) is 0 Å². The van der Waals surface area contributed by atoms with Gasteiger partial charge in [0.1, 0.15) is 5.75 Å². The van der Waals surface area contributed by atoms with Gasteiger partial charge in [-0.15, -0.1) is 0 Å². The lowest BCUT2D eigenvalue weighted by Crippen LogP contribution is -2.12. The summed E-state index contributed by atoms with van der Waals surface area (Å²) >= 11 is 0. The largest absolute Gasteiger partial charge is 0.339 e. The number of nitrogens with zero attached hydrogens (tertiary/aromatic N) is 4. The summed E-state index contributed by atoms with van der Waals surface area (Å²) in [5.41, 5.74) is -0.318. The first-order valence-electron chi connectivity index (χ1n) is 5.61. The first-order valence-corrected chi connectivity index (χ1v) is 7.26. The third-order valence-electron chi connectivity index (χ3n) is 2.29. The molecule has 2 aromatic heterocycles. The van der Waals surface area contributed by atoms with E-state index in [0.29, 0.717) is 5.89 Å². The van der Waals surface area contributed by atoms with Crippen LogP contribution in [0.15, 0.2) is 28.1 Å². The molecule has 7 nitrogen and oxygen atoms in total. The van der Waals surface area contributed by atoms with Gasteiger partial charge in [0, 0.05) is 17.8 Å². The zero-order chi connectivity index (χ0) is 14.1. The molecule has 102 valence electrons. The van der Waals surface area contributed by atoms with Gasteiger partial charge in [-0.3, -0.25) is 4.98 Å². The molecule has 0 aliphatic rings. The van der Waals surface area contributed by atoms with Gasteiger partial charge in [0.05, 0.1) is 6.20 Å². The molecule has 2 rings (SSSR count). The van der Waals surface area contributed by atoms with Crippen molar-refractivity contribution >= 4 is 9.84 Å². The number of aromatic nitrogens is 4. The zero-order valence-corrected chi connectivity index (χ0v) is 11.7. The summed E-state index contributed by atoms with van der Waals surface area (Å²) in [5.74, 6) is 0.165. The molecule has 0 amide bonds. The average molecular weight is 282 g/mol. The Morgan fingerprint density at radius 1 is 1.26 bits per heavy atom. The van der Waals surface area contributed by atoms with Crippen molar-refractivity contribution in [3.8, 4) is 0 Å². The summed E-state index contributed by atoms with van der Waals surface area (Å²) in [5, 5.41) is 3.58. The molecule has 0 radical (unpaired) electrons. The Balaban J connectivity index is 2.25. The van der Waals surface area contributed by atoms with Crippen molar-refractivity contribution in [2.75, 3.05) is 0 Å². The van der Waals surface area contributed by atoms with Crippen LogP contribution in [0, 0.1) is 0 Å². The van der Waals surface area contributed by atoms with Crippen LogP contribution in [0.1, 0.15) is 32.5 Å². The van der Waals surface area contributed by atoms with Crippen LogP contribution < -0.4 is 0 Å². The molecule has 2 aromatic rings. The second-order valence-corrected chi connectivity index (χ2v) is 7.00. The predicted octanol–water partition coefficient (Wildman–Crippen LogP) is 1.13. The number of hydrogen-bond acceptors (Lipinski definition) is 7. The molecule has 0 aliphatic carbocycles. The van der Waals surface area contributed by atoms with E-state index < -0.39 is 9.84 Å². The van der Waals surface area contributed by atoms with Crippen LogP contribution in [-0.4, -0.2) is 28.5 Å². The molecule has 0 bridgehead atoms. The summed E-state index contributed by atoms with van der Waals surface area (Å²) in [7, 11) is -3.60. The lowest BCUT2D eigenvalue weighted by molar-refractivity contribution is 0.319. The molecule has 0 aromatic carbocycles. The van der Waals surface area contributed by atoms with Crippen LogP contribution in [0.5, 0.6) is 0 Å². The first-order chi connectivity index (χ1) is 8.79. The fourth-order valence-corrected chi connectivity index (χ4v) is 2.36. The van der Waals surface area contributed by atoms with E-state index in [1.165, 1.54) is 18.6 Å². The van der Waals surface area contributed by atoms with E-state index in [2.05, 4.69) is 20.1 Å². The Morgan fingerprint density at radius 3 is 2.53 bits per heavy atom. The normalized spacial score (nSPS) is 12.6. The van der Waals surface area contributed by atoms with Crippen LogP contribution >= 0.6 is 0 Å². The van der Waals surface area contributed by atoms with Gasteiger partial charge in [0.15, 0.2) is 10.9 Å². The molecule has 2 heterocycles. The molecule has 0 saturated heterocycles. The molecule has 0 atom stereocenters. The highest BCUT2D eigenvalue weighted by Crippen LogP contribution is 2.20. The second kappa shape index (κ2) is 4.69. The molecule has 8 heteroatoms. The first kappa shape index (κ1) is 13.6. The summed E-state index contributed by atoms with van der Waals surface area (Å²) in [6.45, 7) is 5.71. The minimum atomic E-state index is -3.60. The van der Waals surface area contributed by atoms with Gasteiger partial charge in [-0.2, -0.15) is 4.98 Å². The highest BCUT2D eigenvalue weighted by Gasteiger charge is 2.25. The SMILES string of the molecule is CC(C)(C)c1nc(CS(=O)(=O)c2cnccn2)no1. The monoisotopic (exact) mass is 282 g/mol. The predicted molar refractivity (Wildman–Crippen MR) is 65.9 cm³/mol. The van der Waals surface area contributed by atoms with Crippen LogP contribution in [0.2, 0.25) is 0 Å². The third-order valence-corrected chi connectivity index (χ3v) is 3.77. The standard InChI is InChI=1S/C11H14N4O3S/c1-11(2,3)10-14-8(15-18-10)7-19(16,17)9-6-12-4-5-13-9/h4-6H,7H2,1-3H3. The Kier molecular flexibility index (Phi) is 3.36. The summed E-state index contributed by atoms with van der Waals surface area (Å²) in [6, 6.07) is 0. The van der Waals surface area contributed by atoms with Gasteiger partial charge in [0.2, 0.25) is 15.7 Å². The van der Waals surface area contributed by atoms with Crippen LogP contribution in [0.25, 0.3) is 0 Å². The minimum absolute atomic E-state index is 0.0999. The van der Waals surface area contributed by atoms with Gasteiger partial charge >= 0.3 is 0 Å². The van der Waals surface area contributed by atoms with Gasteiger partial charge in [-0.25, -0.2) is 13.4 Å². The Labute approximate surface area is 111 Å². The maximum atomic E-state index is 12.0. The fourth-order valence-electron chi connectivity index (χ4n) is 1.31. The maximum Gasteiger partial charge on any atom is 0.232 e. The highest BCUT2D eigenvalue weighted by atomic mass is 32.2. The van der Waals surface area contributed by atoms with Gasteiger partial charge in [0.25, 0.3) is 0 Å². The summed E-state index contributed by atoms with van der Waals surface area (Å²) in [6.07, 6.45) is 3.93. The summed E-state index contributed by atoms with van der Waals surface area (Å²) in [4.78, 5) is 11.6. The number of rotatable bonds is 3. The quantitative estimate of drug-likeness (QED) is 0.832. The summed E-state index contributed by atoms with van der Waals surface area (Å²) < 4.78 is 29.1. The smallest absolute Gasteiger partial charge is 0.232 e. The van der Waals surface area contributed by atoms with E-state index in [1.54, 1.807) is 0 Å². The van der Waals surface area contributed by atoms with Crippen LogP contribution in [-0.2, 0) is 21.0 Å². The molecular weight excluding hydrogens is 268 g/mol. The molecular formula is C11H14N4O3S. The maximum absolute atomic E-state index is 12.0. The van der Waals surface area contributed by atoms with Crippen molar-refractivity contribution in [3.63, 3.8) is 0 Å². The lowest BCUT2D eigenvalue weighted by Gasteiger charge is -2.10. The molecule has 0 spiro atoms. The molecule has 0 N–H and O–H groups in total. The topological polar surface area (TPSA) is 98.8 Å². The van der Waals surface area contributed by atoms with E-state index in [4.69, 9.17) is 4.52 Å². The highest BCUT2D eigenvalue weighted by molar-refractivity contribution is 7.90. The number of sulfone groups is 1. The van der Waals surface area contributed by atoms with Gasteiger partial charge < -0.3 is 4.52 Å². The van der Waals surface area contributed by atoms with Crippen molar-refractivity contribution in [2.45, 2.75) is 37.0 Å². The fraction of sp³-hybridized carbons (Fsp3) is 0.455. The Bertz CT molecular complexity index is 659. The molecule has 0 fully saturated rings. The Morgan fingerprint density at radius 2 is 2.00 bits per heavy atom. The van der Waals surface area contributed by atoms with Crippen molar-refractivity contribution in [1.82, 2.24) is 20.1 Å². The van der Waals surface area contributed by atoms with Gasteiger partial charge in [-0.1, -0.05) is 25.9 Å². The van der Waals surface area contributed by atoms with Crippen molar-refractivity contribution in [3.05, 3.63) is 30.3 Å². The molecule has 0 unspecified atom stereocenters. The van der Waals surface area contributed by atoms with E-state index >= 15 is 0 Å². The third kappa shape index (κ3) is 3.14. The van der Waals surface area contributed by atoms with E-state index in [-0.39, 0.29) is 22.0 Å². The minimum Gasteiger partial charge on any atom is -0.339 e. The van der Waals surface area contributed by atoms with Crippen LogP contribution in [0.3, 0.4) is 0 Å². The zero-order valence-electron chi connectivity index (χ0n) is 10.9. The van der Waals surface area contributed by atoms with E-state index in [9.17, 15) is 8.42 Å². The van der Waals surface area contributed by atoms with Gasteiger partial charge in [-0.05, 0) is 0 Å². The average Bonchev–Trinajstić information content (AvgIpc) is 2.78. The van der Waals surface area contributed by atoms with E-state index in [1.807, 2.05) is 20.8 Å². The molecule has 0 saturated carbocycles. The van der Waals surface area contributed by atoms with E-state index in [0.717, 1.165) is 0 Å². The molecule has 19 heavy (non-hydrogen) atoms. The molecule has 0 aliphatic heterocycles. The number of hydrogen-bond donors (Lipinski definition) is 0. The lowest BCUT2D eigenvalue weighted by atomic mass is 9.97. The Hall–Kier alpha value is -1.83. The van der Waals surface area contributed by atoms with Crippen molar-refractivity contribution in [1.29, 1.82) is 0 Å². The van der Waals surface area contributed by atoms with Crippen molar-refractivity contribution in [2.24, 2.45) is 0 Å².